The number of hydrogen-bond donors (Lipinski definition) is 0. The van der Waals surface area contributed by atoms with Crippen molar-refractivity contribution in [2.45, 2.75) is 51.9 Å². The predicted molar refractivity (Wildman–Crippen MR) is 182 cm³/mol. The third kappa shape index (κ3) is 4.92. The minimum Gasteiger partial charge on any atom is -0.495 e. The average molecular weight is 728 g/mol. The zero-order valence-electron chi connectivity index (χ0n) is 27.8. The van der Waals surface area contributed by atoms with Gasteiger partial charge in [0, 0.05) is 21.3 Å². The number of halogens is 1. The molecule has 1 unspecified atom stereocenters. The summed E-state index contributed by atoms with van der Waals surface area (Å²) in [5.41, 5.74) is 0.818. The third-order valence-corrected chi connectivity index (χ3v) is 10.6. The highest BCUT2D eigenvalue weighted by molar-refractivity contribution is 9.10. The first-order valence-corrected chi connectivity index (χ1v) is 17.1. The molecule has 0 saturated carbocycles. The maximum Gasteiger partial charge on any atom is 0.514 e. The predicted octanol–water partition coefficient (Wildman–Crippen LogP) is 7.63. The number of carbonyl (C=O) groups is 3. The summed E-state index contributed by atoms with van der Waals surface area (Å²) in [6.45, 7) is 5.58. The van der Waals surface area contributed by atoms with E-state index in [0.29, 0.717) is 40.9 Å². The molecule has 3 aliphatic carbocycles. The number of ether oxygens (including phenoxy) is 4. The highest BCUT2D eigenvalue weighted by Gasteiger charge is 2.69. The highest BCUT2D eigenvalue weighted by atomic mass is 79.9. The van der Waals surface area contributed by atoms with Gasteiger partial charge in [-0.15, -0.1) is 0 Å². The molecule has 49 heavy (non-hydrogen) atoms. The van der Waals surface area contributed by atoms with Gasteiger partial charge in [-0.3, -0.25) is 14.5 Å². The lowest BCUT2D eigenvalue weighted by atomic mass is 9.51. The van der Waals surface area contributed by atoms with Gasteiger partial charge in [0.25, 0.3) is 5.88 Å². The maximum absolute atomic E-state index is 14.8. The van der Waals surface area contributed by atoms with Crippen LogP contribution in [0, 0.1) is 17.3 Å². The molecule has 0 bridgehead atoms. The van der Waals surface area contributed by atoms with Crippen LogP contribution >= 0.6 is 15.9 Å². The monoisotopic (exact) mass is 726 g/mol. The van der Waals surface area contributed by atoms with E-state index in [4.69, 9.17) is 23.5 Å². The number of allylic oxidation sites excluding steroid dienone is 1. The highest BCUT2D eigenvalue weighted by Crippen LogP contribution is 2.65. The van der Waals surface area contributed by atoms with E-state index in [1.165, 1.54) is 0 Å². The number of nitrogens with zero attached hydrogens (tertiary/aromatic N) is 2. The average Bonchev–Trinajstić information content (AvgIpc) is 3.44. The Bertz CT molecular complexity index is 2100. The summed E-state index contributed by atoms with van der Waals surface area (Å²) in [7, 11) is 3.91. The van der Waals surface area contributed by atoms with E-state index in [1.807, 2.05) is 73.6 Å². The quantitative estimate of drug-likeness (QED) is 0.150. The van der Waals surface area contributed by atoms with Crippen molar-refractivity contribution < 1.29 is 37.9 Å². The van der Waals surface area contributed by atoms with Crippen LogP contribution in [-0.2, 0) is 22.5 Å². The number of rotatable bonds is 5. The van der Waals surface area contributed by atoms with Crippen molar-refractivity contribution in [1.82, 2.24) is 10.1 Å². The maximum atomic E-state index is 14.8. The molecule has 0 N–H and O–H groups in total. The number of aromatic nitrogens is 1. The van der Waals surface area contributed by atoms with Crippen molar-refractivity contribution in [2.75, 3.05) is 20.7 Å². The SMILES string of the molecule is CN(C)[C@@H]1c2onc(OCc3ccccc3)c2C(=O)[C@@]23COC2=C2C(=O)c4c(cc5ccc(Br)cc5c4OC(=O)OC(C)(C)C)CC2C[C@@H]13. The Morgan fingerprint density at radius 3 is 2.55 bits per heavy atom. The van der Waals surface area contributed by atoms with Gasteiger partial charge in [-0.1, -0.05) is 58.4 Å². The molecule has 0 radical (unpaired) electrons. The summed E-state index contributed by atoms with van der Waals surface area (Å²) >= 11 is 3.53. The van der Waals surface area contributed by atoms with Crippen LogP contribution in [0.2, 0.25) is 0 Å². The molecule has 1 fully saturated rings. The molecule has 1 saturated heterocycles. The zero-order valence-corrected chi connectivity index (χ0v) is 29.4. The van der Waals surface area contributed by atoms with Crippen LogP contribution in [0.1, 0.15) is 70.8 Å². The molecule has 8 rings (SSSR count). The van der Waals surface area contributed by atoms with Crippen molar-refractivity contribution in [2.24, 2.45) is 17.3 Å². The van der Waals surface area contributed by atoms with Gasteiger partial charge < -0.3 is 23.5 Å². The summed E-state index contributed by atoms with van der Waals surface area (Å²) in [6.07, 6.45) is 0.132. The van der Waals surface area contributed by atoms with Gasteiger partial charge in [-0.2, -0.15) is 0 Å². The molecule has 1 aromatic heterocycles. The lowest BCUT2D eigenvalue weighted by molar-refractivity contribution is -0.0963. The standard InChI is InChI=1S/C38H35BrN2O8/c1-37(2,3)48-36(44)47-31-24-16-23(39)12-11-20(24)13-21-14-22-15-25-29(41(4)5)32-28(35(40-49-32)45-17-19-9-7-6-8-10-19)33(43)38(25)18-46-34(38)27(22)30(42)26(21)31/h6-13,16,22,25,29H,14-15,17-18H2,1-5H3/t22?,25-,29-,38-/m0/s1. The fraction of sp³-hybridized carbons (Fsp3) is 0.368. The Labute approximate surface area is 291 Å². The lowest BCUT2D eigenvalue weighted by Gasteiger charge is -2.57. The van der Waals surface area contributed by atoms with Crippen LogP contribution in [0.3, 0.4) is 0 Å². The summed E-state index contributed by atoms with van der Waals surface area (Å²) < 4.78 is 30.4. The molecular weight excluding hydrogens is 692 g/mol. The third-order valence-electron chi connectivity index (χ3n) is 10.1. The summed E-state index contributed by atoms with van der Waals surface area (Å²) in [4.78, 5) is 44.7. The van der Waals surface area contributed by atoms with Crippen LogP contribution < -0.4 is 9.47 Å². The van der Waals surface area contributed by atoms with Crippen LogP contribution in [0.15, 0.2) is 74.9 Å². The molecule has 4 atom stereocenters. The number of ketones is 2. The van der Waals surface area contributed by atoms with Crippen molar-refractivity contribution in [3.8, 4) is 11.6 Å². The second kappa shape index (κ2) is 11.3. The van der Waals surface area contributed by atoms with Gasteiger partial charge in [0.05, 0.1) is 11.6 Å². The van der Waals surface area contributed by atoms with E-state index in [2.05, 4.69) is 21.1 Å². The van der Waals surface area contributed by atoms with Gasteiger partial charge in [-0.05, 0) is 87.4 Å². The van der Waals surface area contributed by atoms with Crippen LogP contribution in [0.4, 0.5) is 4.79 Å². The summed E-state index contributed by atoms with van der Waals surface area (Å²) in [6, 6.07) is 17.0. The Kier molecular flexibility index (Phi) is 7.31. The van der Waals surface area contributed by atoms with Gasteiger partial charge in [0.1, 0.15) is 35.6 Å². The molecule has 0 amide bonds. The van der Waals surface area contributed by atoms with Gasteiger partial charge in [0.2, 0.25) is 0 Å². The number of hydrogen-bond acceptors (Lipinski definition) is 10. The van der Waals surface area contributed by atoms with E-state index >= 15 is 0 Å². The summed E-state index contributed by atoms with van der Waals surface area (Å²) in [5, 5.41) is 5.65. The lowest BCUT2D eigenvalue weighted by Crippen LogP contribution is -2.61. The Hall–Kier alpha value is -4.48. The van der Waals surface area contributed by atoms with E-state index in [-0.39, 0.29) is 59.9 Å². The Morgan fingerprint density at radius 2 is 1.86 bits per heavy atom. The largest absolute Gasteiger partial charge is 0.514 e. The minimum atomic E-state index is -1.09. The fourth-order valence-electron chi connectivity index (χ4n) is 8.10. The van der Waals surface area contributed by atoms with E-state index < -0.39 is 17.2 Å². The number of fused-ring (bicyclic) bond motifs is 4. The van der Waals surface area contributed by atoms with Crippen molar-refractivity contribution >= 4 is 44.4 Å². The van der Waals surface area contributed by atoms with Gasteiger partial charge in [0.15, 0.2) is 23.1 Å². The first-order valence-electron chi connectivity index (χ1n) is 16.3. The Morgan fingerprint density at radius 1 is 1.08 bits per heavy atom. The van der Waals surface area contributed by atoms with E-state index in [9.17, 15) is 14.4 Å². The molecule has 252 valence electrons. The van der Waals surface area contributed by atoms with Crippen LogP contribution in [0.25, 0.3) is 10.8 Å². The Balaban J connectivity index is 1.25. The first kappa shape index (κ1) is 31.8. The second-order valence-corrected chi connectivity index (χ2v) is 15.4. The molecule has 2 heterocycles. The van der Waals surface area contributed by atoms with Crippen LogP contribution in [-0.4, -0.2) is 54.1 Å². The van der Waals surface area contributed by atoms with Gasteiger partial charge in [-0.25, -0.2) is 4.79 Å². The fourth-order valence-corrected chi connectivity index (χ4v) is 8.46. The smallest absolute Gasteiger partial charge is 0.495 e. The minimum absolute atomic E-state index is 0.126. The molecule has 4 aliphatic rings. The molecular formula is C38H35BrN2O8. The first-order chi connectivity index (χ1) is 23.4. The van der Waals surface area contributed by atoms with E-state index in [1.54, 1.807) is 20.8 Å². The number of Topliss-reactive ketones (excluding diaryl/α,β-unsaturated/α-hetero) is 2. The number of carbonyl (C=O) groups excluding carboxylic acids is 3. The molecule has 11 heteroatoms. The molecule has 3 aromatic carbocycles. The number of benzene rings is 3. The van der Waals surface area contributed by atoms with Crippen molar-refractivity contribution in [3.05, 3.63) is 98.4 Å². The molecule has 10 nitrogen and oxygen atoms in total. The van der Waals surface area contributed by atoms with Gasteiger partial charge >= 0.3 is 6.16 Å². The molecule has 4 aromatic rings. The summed E-state index contributed by atoms with van der Waals surface area (Å²) in [5.74, 6) is 0.123. The molecule has 1 spiro atoms. The second-order valence-electron chi connectivity index (χ2n) is 14.5. The zero-order chi connectivity index (χ0) is 34.4. The van der Waals surface area contributed by atoms with Crippen molar-refractivity contribution in [1.29, 1.82) is 0 Å². The normalized spacial score (nSPS) is 23.9. The van der Waals surface area contributed by atoms with E-state index in [0.717, 1.165) is 21.0 Å². The van der Waals surface area contributed by atoms with Crippen molar-refractivity contribution in [3.63, 3.8) is 0 Å². The molecule has 1 aliphatic heterocycles. The van der Waals surface area contributed by atoms with Crippen LogP contribution in [0.5, 0.6) is 11.6 Å². The topological polar surface area (TPSA) is 117 Å².